The van der Waals surface area contributed by atoms with Gasteiger partial charge in [-0.3, -0.25) is 0 Å². The maximum absolute atomic E-state index is 4.62. The summed E-state index contributed by atoms with van der Waals surface area (Å²) in [6, 6.07) is 0. The second kappa shape index (κ2) is 4.07. The molecule has 0 aliphatic carbocycles. The van der Waals surface area contributed by atoms with Crippen LogP contribution in [0.5, 0.6) is 0 Å². The van der Waals surface area contributed by atoms with E-state index in [2.05, 4.69) is 50.7 Å². The van der Waals surface area contributed by atoms with Crippen molar-refractivity contribution in [2.45, 2.75) is 31.9 Å². The van der Waals surface area contributed by atoms with Crippen LogP contribution in [0.3, 0.4) is 0 Å². The first-order chi connectivity index (χ1) is 8.87. The quantitative estimate of drug-likeness (QED) is 0.754. The van der Waals surface area contributed by atoms with E-state index in [0.29, 0.717) is 5.65 Å². The summed E-state index contributed by atoms with van der Waals surface area (Å²) in [6.07, 6.45) is 6.32. The molecule has 5 nitrogen and oxygen atoms in total. The van der Waals surface area contributed by atoms with Crippen LogP contribution in [0.2, 0.25) is 31.9 Å². The van der Waals surface area contributed by atoms with Crippen molar-refractivity contribution in [2.75, 3.05) is 10.7 Å². The largest absolute Gasteiger partial charge is 0.371 e. The van der Waals surface area contributed by atoms with Crippen molar-refractivity contribution in [3.63, 3.8) is 0 Å². The summed E-state index contributed by atoms with van der Waals surface area (Å²) in [5, 5.41) is 0. The van der Waals surface area contributed by atoms with Gasteiger partial charge < -0.3 is 4.57 Å². The van der Waals surface area contributed by atoms with E-state index in [4.69, 9.17) is 0 Å². The molecule has 19 heavy (non-hydrogen) atoms. The monoisotopic (exact) mass is 289 g/mol. The standard InChI is InChI=1S/C12H19N5Si2/c1-18(2)8-17(19(3,4)9-18)12-15-7-10-11(16-12)14-6-5-13-10/h5-7H,8-9H2,1-4H3. The fourth-order valence-electron chi connectivity index (χ4n) is 3.20. The van der Waals surface area contributed by atoms with Crippen molar-refractivity contribution in [3.05, 3.63) is 18.6 Å². The van der Waals surface area contributed by atoms with E-state index in [1.165, 1.54) is 5.67 Å². The van der Waals surface area contributed by atoms with E-state index in [0.717, 1.165) is 17.6 Å². The zero-order valence-corrected chi connectivity index (χ0v) is 13.9. The fourth-order valence-corrected chi connectivity index (χ4v) is 18.4. The number of hydrogen-bond acceptors (Lipinski definition) is 5. The first-order valence-corrected chi connectivity index (χ1v) is 13.2. The van der Waals surface area contributed by atoms with Crippen LogP contribution in [0, 0.1) is 0 Å². The zero-order valence-electron chi connectivity index (χ0n) is 11.9. The molecule has 0 atom stereocenters. The Bertz CT molecular complexity index is 628. The van der Waals surface area contributed by atoms with Gasteiger partial charge in [-0.15, -0.1) is 0 Å². The molecule has 2 aromatic heterocycles. The maximum atomic E-state index is 4.62. The van der Waals surface area contributed by atoms with E-state index in [1.807, 2.05) is 0 Å². The highest BCUT2D eigenvalue weighted by atomic mass is 28.4. The summed E-state index contributed by atoms with van der Waals surface area (Å²) in [4.78, 5) is 17.6. The summed E-state index contributed by atoms with van der Waals surface area (Å²) in [6.45, 7) is 9.75. The molecule has 0 spiro atoms. The minimum Gasteiger partial charge on any atom is -0.371 e. The highest BCUT2D eigenvalue weighted by Crippen LogP contribution is 2.34. The summed E-state index contributed by atoms with van der Waals surface area (Å²) < 4.78 is 2.48. The lowest BCUT2D eigenvalue weighted by molar-refractivity contribution is 1.05. The number of aromatic nitrogens is 4. The van der Waals surface area contributed by atoms with Crippen molar-refractivity contribution in [1.82, 2.24) is 19.9 Å². The Labute approximate surface area is 115 Å². The highest BCUT2D eigenvalue weighted by molar-refractivity contribution is 7.01. The Morgan fingerprint density at radius 3 is 2.47 bits per heavy atom. The van der Waals surface area contributed by atoms with E-state index in [9.17, 15) is 0 Å². The van der Waals surface area contributed by atoms with Crippen molar-refractivity contribution < 1.29 is 0 Å². The topological polar surface area (TPSA) is 54.8 Å². The van der Waals surface area contributed by atoms with Gasteiger partial charge in [-0.25, -0.2) is 15.0 Å². The van der Waals surface area contributed by atoms with Gasteiger partial charge in [0.05, 0.1) is 14.3 Å². The van der Waals surface area contributed by atoms with Crippen molar-refractivity contribution in [3.8, 4) is 0 Å². The van der Waals surface area contributed by atoms with Gasteiger partial charge in [-0.2, -0.15) is 4.98 Å². The minimum atomic E-state index is -1.41. The first-order valence-electron chi connectivity index (χ1n) is 6.59. The molecule has 1 fully saturated rings. The van der Waals surface area contributed by atoms with Crippen LogP contribution in [0.15, 0.2) is 18.6 Å². The molecular formula is C12H19N5Si2. The number of rotatable bonds is 1. The number of hydrogen-bond donors (Lipinski definition) is 0. The third kappa shape index (κ3) is 2.27. The van der Waals surface area contributed by atoms with Gasteiger partial charge in [0.2, 0.25) is 5.95 Å². The van der Waals surface area contributed by atoms with Crippen molar-refractivity contribution in [1.29, 1.82) is 0 Å². The number of nitrogens with zero attached hydrogens (tertiary/aromatic N) is 5. The average molecular weight is 289 g/mol. The van der Waals surface area contributed by atoms with Crippen LogP contribution in [-0.4, -0.2) is 42.4 Å². The van der Waals surface area contributed by atoms with Crippen LogP contribution < -0.4 is 4.57 Å². The molecule has 1 aliphatic rings. The Morgan fingerprint density at radius 2 is 1.79 bits per heavy atom. The molecule has 0 bridgehead atoms. The summed E-state index contributed by atoms with van der Waals surface area (Å²) in [5.41, 5.74) is 2.87. The highest BCUT2D eigenvalue weighted by Gasteiger charge is 2.47. The number of fused-ring (bicyclic) bond motifs is 1. The van der Waals surface area contributed by atoms with Crippen LogP contribution in [0.25, 0.3) is 11.2 Å². The third-order valence-corrected chi connectivity index (χ3v) is 14.3. The molecule has 2 aromatic rings. The molecule has 0 amide bonds. The summed E-state index contributed by atoms with van der Waals surface area (Å²) in [5.74, 6) is 0.850. The predicted molar refractivity (Wildman–Crippen MR) is 82.2 cm³/mol. The molecule has 1 aliphatic heterocycles. The van der Waals surface area contributed by atoms with Gasteiger partial charge in [0.15, 0.2) is 13.9 Å². The third-order valence-electron chi connectivity index (χ3n) is 3.68. The maximum Gasteiger partial charge on any atom is 0.219 e. The molecule has 0 aromatic carbocycles. The lowest BCUT2D eigenvalue weighted by Crippen LogP contribution is -2.44. The van der Waals surface area contributed by atoms with Crippen LogP contribution in [0.1, 0.15) is 0 Å². The van der Waals surface area contributed by atoms with Gasteiger partial charge in [-0.1, -0.05) is 26.2 Å². The van der Waals surface area contributed by atoms with Gasteiger partial charge >= 0.3 is 0 Å². The normalized spacial score (nSPS) is 20.9. The second-order valence-electron chi connectivity index (χ2n) is 6.67. The predicted octanol–water partition coefficient (Wildman–Crippen LogP) is 2.23. The molecule has 3 rings (SSSR count). The molecule has 0 N–H and O–H groups in total. The average Bonchev–Trinajstić information content (AvgIpc) is 2.57. The molecular weight excluding hydrogens is 270 g/mol. The molecule has 7 heteroatoms. The molecule has 3 heterocycles. The zero-order chi connectivity index (χ0) is 13.7. The van der Waals surface area contributed by atoms with E-state index in [-0.39, 0.29) is 0 Å². The van der Waals surface area contributed by atoms with Crippen molar-refractivity contribution >= 4 is 33.4 Å². The van der Waals surface area contributed by atoms with Gasteiger partial charge in [0.25, 0.3) is 0 Å². The lowest BCUT2D eigenvalue weighted by atomic mass is 10.5. The minimum absolute atomic E-state index is 0.698. The van der Waals surface area contributed by atoms with E-state index < -0.39 is 16.3 Å². The molecule has 0 radical (unpaired) electrons. The second-order valence-corrected chi connectivity index (χ2v) is 16.9. The van der Waals surface area contributed by atoms with Gasteiger partial charge in [-0.05, 0) is 5.67 Å². The van der Waals surface area contributed by atoms with E-state index in [1.54, 1.807) is 18.6 Å². The van der Waals surface area contributed by atoms with Crippen LogP contribution in [-0.2, 0) is 0 Å². The molecule has 0 saturated carbocycles. The summed E-state index contributed by atoms with van der Waals surface area (Å²) >= 11 is 0. The fraction of sp³-hybridized carbons (Fsp3) is 0.500. The van der Waals surface area contributed by atoms with E-state index >= 15 is 0 Å². The summed E-state index contributed by atoms with van der Waals surface area (Å²) in [7, 11) is -2.53. The smallest absolute Gasteiger partial charge is 0.219 e. The van der Waals surface area contributed by atoms with Crippen LogP contribution >= 0.6 is 0 Å². The van der Waals surface area contributed by atoms with Gasteiger partial charge in [0.1, 0.15) is 5.52 Å². The van der Waals surface area contributed by atoms with Crippen molar-refractivity contribution in [2.24, 2.45) is 0 Å². The Kier molecular flexibility index (Phi) is 2.72. The molecule has 0 unspecified atom stereocenters. The molecule has 1 saturated heterocycles. The van der Waals surface area contributed by atoms with Gasteiger partial charge in [0, 0.05) is 18.6 Å². The van der Waals surface area contributed by atoms with Crippen LogP contribution in [0.4, 0.5) is 5.95 Å². The Morgan fingerprint density at radius 1 is 1.05 bits per heavy atom. The first kappa shape index (κ1) is 12.7. The Balaban J connectivity index is 2.05. The number of anilines is 1. The SMILES string of the molecule is C[Si]1(C)CN(c2ncc3nccnc3n2)[Si](C)(C)C1. The molecule has 100 valence electrons. The Hall–Kier alpha value is -1.35. The lowest BCUT2D eigenvalue weighted by Gasteiger charge is -2.29.